The number of anilines is 1. The van der Waals surface area contributed by atoms with Crippen LogP contribution in [0.2, 0.25) is 0 Å². The predicted octanol–water partition coefficient (Wildman–Crippen LogP) is 4.39. The molecule has 1 atom stereocenters. The molecule has 2 aromatic rings. The normalized spacial score (nSPS) is 15.2. The third-order valence-electron chi connectivity index (χ3n) is 6.66. The van der Waals surface area contributed by atoms with E-state index in [2.05, 4.69) is 50.7 Å². The van der Waals surface area contributed by atoms with Crippen molar-refractivity contribution in [3.05, 3.63) is 73.6 Å². The maximum Gasteiger partial charge on any atom is 0.253 e. The molecule has 0 radical (unpaired) electrons. The molecular formula is C27H35BrN4O3. The second-order valence-electron chi connectivity index (χ2n) is 9.20. The lowest BCUT2D eigenvalue weighted by Gasteiger charge is -2.33. The van der Waals surface area contributed by atoms with Gasteiger partial charge in [0.15, 0.2) is 0 Å². The van der Waals surface area contributed by atoms with Crippen molar-refractivity contribution in [2.24, 2.45) is 0 Å². The molecule has 0 spiro atoms. The minimum atomic E-state index is -0.227. The number of aryl methyl sites for hydroxylation is 2. The Labute approximate surface area is 215 Å². The summed E-state index contributed by atoms with van der Waals surface area (Å²) in [5.41, 5.74) is 4.45. The lowest BCUT2D eigenvalue weighted by Crippen LogP contribution is -2.40. The summed E-state index contributed by atoms with van der Waals surface area (Å²) in [5.74, 6) is -0.273. The van der Waals surface area contributed by atoms with Crippen molar-refractivity contribution < 1.29 is 9.59 Å². The van der Waals surface area contributed by atoms with Crippen molar-refractivity contribution in [2.75, 3.05) is 24.5 Å². The number of unbranched alkanes of at least 4 members (excludes halogenated alkanes) is 1. The van der Waals surface area contributed by atoms with Crippen LogP contribution in [0.25, 0.3) is 0 Å². The fourth-order valence-electron chi connectivity index (χ4n) is 4.72. The monoisotopic (exact) mass is 542 g/mol. The molecule has 0 bridgehead atoms. The van der Waals surface area contributed by atoms with Crippen LogP contribution in [0.15, 0.2) is 40.1 Å². The van der Waals surface area contributed by atoms with Gasteiger partial charge in [0.05, 0.1) is 0 Å². The standard InChI is InChI=1S/C27H35BrN4O3/c1-6-8-10-32(21-9-11-31(16-21)25(33)7-2)24-14-20(28)13-22(19(24)5)26(34)29-15-23-17(3)12-18(4)30-27(23)35/h7,12-14,21H,2,6,8-11,15-16H2,1,3-5H3,(H,29,34)(H,30,35). The summed E-state index contributed by atoms with van der Waals surface area (Å²) < 4.78 is 0.811. The molecule has 3 rings (SSSR count). The van der Waals surface area contributed by atoms with E-state index in [1.807, 2.05) is 37.8 Å². The number of aromatic nitrogens is 1. The summed E-state index contributed by atoms with van der Waals surface area (Å²) in [4.78, 5) is 44.7. The highest BCUT2D eigenvalue weighted by molar-refractivity contribution is 9.10. The van der Waals surface area contributed by atoms with Gasteiger partial charge in [0, 0.05) is 59.2 Å². The highest BCUT2D eigenvalue weighted by atomic mass is 79.9. The van der Waals surface area contributed by atoms with Crippen LogP contribution >= 0.6 is 15.9 Å². The molecule has 0 saturated carbocycles. The molecule has 1 aromatic heterocycles. The Bertz CT molecular complexity index is 1170. The fraction of sp³-hybridized carbons (Fsp3) is 0.444. The number of carbonyl (C=O) groups is 2. The first-order valence-electron chi connectivity index (χ1n) is 12.1. The molecule has 1 aliphatic rings. The topological polar surface area (TPSA) is 85.5 Å². The van der Waals surface area contributed by atoms with E-state index in [1.54, 1.807) is 0 Å². The third-order valence-corrected chi connectivity index (χ3v) is 7.12. The molecule has 1 aliphatic heterocycles. The Morgan fingerprint density at radius 1 is 1.29 bits per heavy atom. The van der Waals surface area contributed by atoms with E-state index < -0.39 is 0 Å². The molecule has 2 amide bonds. The fourth-order valence-corrected chi connectivity index (χ4v) is 5.16. The average molecular weight is 544 g/mol. The van der Waals surface area contributed by atoms with Crippen LogP contribution in [-0.2, 0) is 11.3 Å². The Hall–Kier alpha value is -2.87. The summed E-state index contributed by atoms with van der Waals surface area (Å²) in [6.07, 6.45) is 4.29. The molecule has 1 fully saturated rings. The molecule has 8 heteroatoms. The van der Waals surface area contributed by atoms with Gasteiger partial charge in [-0.05, 0) is 69.0 Å². The number of hydrogen-bond donors (Lipinski definition) is 2. The Morgan fingerprint density at radius 3 is 2.69 bits per heavy atom. The smallest absolute Gasteiger partial charge is 0.253 e. The van der Waals surface area contributed by atoms with Crippen molar-refractivity contribution in [1.82, 2.24) is 15.2 Å². The molecule has 0 aliphatic carbocycles. The van der Waals surface area contributed by atoms with Crippen LogP contribution in [-0.4, -0.2) is 47.4 Å². The molecule has 7 nitrogen and oxygen atoms in total. The molecule has 2 heterocycles. The van der Waals surface area contributed by atoms with E-state index >= 15 is 0 Å². The number of aromatic amines is 1. The van der Waals surface area contributed by atoms with Gasteiger partial charge >= 0.3 is 0 Å². The first-order chi connectivity index (χ1) is 16.7. The maximum atomic E-state index is 13.2. The maximum absolute atomic E-state index is 13.2. The highest BCUT2D eigenvalue weighted by Crippen LogP contribution is 2.32. The lowest BCUT2D eigenvalue weighted by atomic mass is 10.0. The van der Waals surface area contributed by atoms with Gasteiger partial charge in [-0.15, -0.1) is 0 Å². The van der Waals surface area contributed by atoms with E-state index in [-0.39, 0.29) is 30.0 Å². The number of halogens is 1. The third kappa shape index (κ3) is 6.23. The van der Waals surface area contributed by atoms with E-state index in [9.17, 15) is 14.4 Å². The van der Waals surface area contributed by atoms with E-state index in [0.29, 0.717) is 24.2 Å². The van der Waals surface area contributed by atoms with Crippen molar-refractivity contribution >= 4 is 33.4 Å². The van der Waals surface area contributed by atoms with Gasteiger partial charge in [-0.25, -0.2) is 0 Å². The second kappa shape index (κ2) is 11.7. The summed E-state index contributed by atoms with van der Waals surface area (Å²) in [5, 5.41) is 2.93. The molecule has 1 aromatic carbocycles. The van der Waals surface area contributed by atoms with E-state index in [0.717, 1.165) is 52.8 Å². The first kappa shape index (κ1) is 26.7. The Kier molecular flexibility index (Phi) is 8.94. The first-order valence-corrected chi connectivity index (χ1v) is 12.9. The molecule has 35 heavy (non-hydrogen) atoms. The number of rotatable bonds is 9. The van der Waals surface area contributed by atoms with Gasteiger partial charge in [0.25, 0.3) is 11.5 Å². The number of hydrogen-bond acceptors (Lipinski definition) is 4. The van der Waals surface area contributed by atoms with Crippen LogP contribution in [0.3, 0.4) is 0 Å². The van der Waals surface area contributed by atoms with Gasteiger partial charge in [-0.1, -0.05) is 35.9 Å². The second-order valence-corrected chi connectivity index (χ2v) is 10.1. The van der Waals surface area contributed by atoms with Gasteiger partial charge in [-0.2, -0.15) is 0 Å². The average Bonchev–Trinajstić information content (AvgIpc) is 3.29. The Balaban J connectivity index is 1.88. The number of carbonyl (C=O) groups excluding carboxylic acids is 2. The molecule has 2 N–H and O–H groups in total. The number of nitrogens with one attached hydrogen (secondary N) is 2. The van der Waals surface area contributed by atoms with Crippen LogP contribution in [0, 0.1) is 20.8 Å². The van der Waals surface area contributed by atoms with Gasteiger partial charge < -0.3 is 20.1 Å². The van der Waals surface area contributed by atoms with Crippen LogP contribution in [0.1, 0.15) is 58.9 Å². The predicted molar refractivity (Wildman–Crippen MR) is 144 cm³/mol. The zero-order chi connectivity index (χ0) is 25.7. The number of likely N-dealkylation sites (tertiary alicyclic amines) is 1. The minimum absolute atomic E-state index is 0.0460. The molecule has 188 valence electrons. The molecular weight excluding hydrogens is 508 g/mol. The van der Waals surface area contributed by atoms with Crippen LogP contribution < -0.4 is 15.8 Å². The largest absolute Gasteiger partial charge is 0.366 e. The molecule has 1 saturated heterocycles. The SMILES string of the molecule is C=CC(=O)N1CCC(N(CCCC)c2cc(Br)cc(C(=O)NCc3c(C)cc(C)[nH]c3=O)c2C)C1. The quantitative estimate of drug-likeness (QED) is 0.460. The summed E-state index contributed by atoms with van der Waals surface area (Å²) in [6, 6.07) is 5.94. The van der Waals surface area contributed by atoms with Gasteiger partial charge in [0.2, 0.25) is 5.91 Å². The summed E-state index contributed by atoms with van der Waals surface area (Å²) in [6.45, 7) is 13.8. The van der Waals surface area contributed by atoms with Crippen molar-refractivity contribution in [2.45, 2.75) is 59.5 Å². The van der Waals surface area contributed by atoms with Gasteiger partial charge in [-0.3, -0.25) is 14.4 Å². The number of benzene rings is 1. The number of nitrogens with zero attached hydrogens (tertiary/aromatic N) is 2. The van der Waals surface area contributed by atoms with E-state index in [1.165, 1.54) is 6.08 Å². The highest BCUT2D eigenvalue weighted by Gasteiger charge is 2.31. The Morgan fingerprint density at radius 2 is 2.03 bits per heavy atom. The van der Waals surface area contributed by atoms with Gasteiger partial charge in [0.1, 0.15) is 0 Å². The summed E-state index contributed by atoms with van der Waals surface area (Å²) >= 11 is 3.59. The zero-order valence-corrected chi connectivity index (χ0v) is 22.6. The number of H-pyrrole nitrogens is 1. The van der Waals surface area contributed by atoms with Crippen LogP contribution in [0.4, 0.5) is 5.69 Å². The van der Waals surface area contributed by atoms with Crippen molar-refractivity contribution in [1.29, 1.82) is 0 Å². The lowest BCUT2D eigenvalue weighted by molar-refractivity contribution is -0.125. The number of amides is 2. The van der Waals surface area contributed by atoms with E-state index in [4.69, 9.17) is 0 Å². The van der Waals surface area contributed by atoms with Crippen molar-refractivity contribution in [3.63, 3.8) is 0 Å². The molecule has 1 unspecified atom stereocenters. The van der Waals surface area contributed by atoms with Crippen molar-refractivity contribution in [3.8, 4) is 0 Å². The van der Waals surface area contributed by atoms with Crippen LogP contribution in [0.5, 0.6) is 0 Å². The summed E-state index contributed by atoms with van der Waals surface area (Å²) in [7, 11) is 0. The minimum Gasteiger partial charge on any atom is -0.366 e. The number of pyridine rings is 1. The zero-order valence-electron chi connectivity index (χ0n) is 21.0.